The zero-order valence-electron chi connectivity index (χ0n) is 12.2. The standard InChI is InChI=1S/C14H21ClN4O/c1-4-8-19-11(6-7-16-19)13(20)9-12-14(15)10(5-2)17-18(12)3/h6-7,13,20H,4-5,8-9H2,1-3H3. The summed E-state index contributed by atoms with van der Waals surface area (Å²) in [5, 5.41) is 19.7. The van der Waals surface area contributed by atoms with Gasteiger partial charge in [-0.15, -0.1) is 0 Å². The molecule has 6 heteroatoms. The first-order valence-electron chi connectivity index (χ1n) is 6.98. The van der Waals surface area contributed by atoms with Crippen LogP contribution in [-0.4, -0.2) is 24.7 Å². The molecule has 0 amide bonds. The van der Waals surface area contributed by atoms with Crippen molar-refractivity contribution in [2.75, 3.05) is 0 Å². The first kappa shape index (κ1) is 15.1. The average Bonchev–Trinajstić information content (AvgIpc) is 2.98. The van der Waals surface area contributed by atoms with Gasteiger partial charge in [-0.3, -0.25) is 9.36 Å². The molecule has 0 spiro atoms. The highest BCUT2D eigenvalue weighted by Gasteiger charge is 2.19. The average molecular weight is 297 g/mol. The molecule has 5 nitrogen and oxygen atoms in total. The zero-order chi connectivity index (χ0) is 14.7. The fraction of sp³-hybridized carbons (Fsp3) is 0.571. The maximum Gasteiger partial charge on any atom is 0.101 e. The van der Waals surface area contributed by atoms with E-state index in [0.717, 1.165) is 36.5 Å². The van der Waals surface area contributed by atoms with Crippen molar-refractivity contribution < 1.29 is 5.11 Å². The summed E-state index contributed by atoms with van der Waals surface area (Å²) < 4.78 is 3.60. The number of hydrogen-bond acceptors (Lipinski definition) is 3. The number of aromatic nitrogens is 4. The van der Waals surface area contributed by atoms with Gasteiger partial charge in [0, 0.05) is 26.2 Å². The third-order valence-corrected chi connectivity index (χ3v) is 3.85. The molecule has 1 unspecified atom stereocenters. The van der Waals surface area contributed by atoms with Crippen molar-refractivity contribution in [3.8, 4) is 0 Å². The number of hydrogen-bond donors (Lipinski definition) is 1. The summed E-state index contributed by atoms with van der Waals surface area (Å²) in [6, 6.07) is 1.85. The van der Waals surface area contributed by atoms with Gasteiger partial charge in [0.15, 0.2) is 0 Å². The highest BCUT2D eigenvalue weighted by atomic mass is 35.5. The van der Waals surface area contributed by atoms with E-state index in [0.29, 0.717) is 11.4 Å². The monoisotopic (exact) mass is 296 g/mol. The molecule has 20 heavy (non-hydrogen) atoms. The second-order valence-electron chi connectivity index (χ2n) is 4.88. The fourth-order valence-corrected chi connectivity index (χ4v) is 2.72. The van der Waals surface area contributed by atoms with Crippen LogP contribution in [0.4, 0.5) is 0 Å². The molecular weight excluding hydrogens is 276 g/mol. The molecule has 0 saturated carbocycles. The summed E-state index contributed by atoms with van der Waals surface area (Å²) in [7, 11) is 1.86. The van der Waals surface area contributed by atoms with Gasteiger partial charge in [0.2, 0.25) is 0 Å². The Balaban J connectivity index is 2.21. The summed E-state index contributed by atoms with van der Waals surface area (Å²) in [5.74, 6) is 0. The van der Waals surface area contributed by atoms with Crippen molar-refractivity contribution in [1.82, 2.24) is 19.6 Å². The lowest BCUT2D eigenvalue weighted by Gasteiger charge is -2.13. The lowest BCUT2D eigenvalue weighted by Crippen LogP contribution is -2.13. The smallest absolute Gasteiger partial charge is 0.101 e. The van der Waals surface area contributed by atoms with Crippen LogP contribution in [0.25, 0.3) is 0 Å². The number of halogens is 1. The summed E-state index contributed by atoms with van der Waals surface area (Å²) >= 11 is 6.32. The molecule has 2 heterocycles. The van der Waals surface area contributed by atoms with Crippen LogP contribution in [0.3, 0.4) is 0 Å². The third-order valence-electron chi connectivity index (χ3n) is 3.42. The highest BCUT2D eigenvalue weighted by Crippen LogP contribution is 2.26. The van der Waals surface area contributed by atoms with E-state index >= 15 is 0 Å². The van der Waals surface area contributed by atoms with Crippen LogP contribution in [-0.2, 0) is 26.4 Å². The zero-order valence-corrected chi connectivity index (χ0v) is 12.9. The van der Waals surface area contributed by atoms with Gasteiger partial charge in [-0.25, -0.2) is 0 Å². The number of aryl methyl sites for hydroxylation is 3. The second-order valence-corrected chi connectivity index (χ2v) is 5.26. The molecule has 0 aliphatic carbocycles. The van der Waals surface area contributed by atoms with E-state index in [1.54, 1.807) is 10.9 Å². The molecule has 0 saturated heterocycles. The quantitative estimate of drug-likeness (QED) is 0.891. The molecule has 2 aromatic rings. The fourth-order valence-electron chi connectivity index (χ4n) is 2.35. The van der Waals surface area contributed by atoms with Crippen molar-refractivity contribution in [3.63, 3.8) is 0 Å². The van der Waals surface area contributed by atoms with E-state index in [-0.39, 0.29) is 0 Å². The van der Waals surface area contributed by atoms with Crippen LogP contribution >= 0.6 is 11.6 Å². The molecular formula is C14H21ClN4O. The SMILES string of the molecule is CCCn1nccc1C(O)Cc1c(Cl)c(CC)nn1C. The van der Waals surface area contributed by atoms with Crippen LogP contribution in [0, 0.1) is 0 Å². The topological polar surface area (TPSA) is 55.9 Å². The van der Waals surface area contributed by atoms with Gasteiger partial charge < -0.3 is 5.11 Å². The number of nitrogens with zero attached hydrogens (tertiary/aromatic N) is 4. The van der Waals surface area contributed by atoms with Crippen molar-refractivity contribution in [1.29, 1.82) is 0 Å². The Hall–Kier alpha value is -1.33. The summed E-state index contributed by atoms with van der Waals surface area (Å²) in [5.41, 5.74) is 2.56. The molecule has 1 N–H and O–H groups in total. The normalized spacial score (nSPS) is 12.8. The van der Waals surface area contributed by atoms with Gasteiger partial charge in [-0.2, -0.15) is 10.2 Å². The minimum Gasteiger partial charge on any atom is -0.386 e. The number of rotatable bonds is 6. The van der Waals surface area contributed by atoms with Crippen molar-refractivity contribution >= 4 is 11.6 Å². The van der Waals surface area contributed by atoms with Gasteiger partial charge in [0.25, 0.3) is 0 Å². The lowest BCUT2D eigenvalue weighted by molar-refractivity contribution is 0.164. The van der Waals surface area contributed by atoms with Gasteiger partial charge in [-0.05, 0) is 18.9 Å². The molecule has 2 rings (SSSR count). The predicted molar refractivity (Wildman–Crippen MR) is 78.8 cm³/mol. The lowest BCUT2D eigenvalue weighted by atomic mass is 10.1. The van der Waals surface area contributed by atoms with Gasteiger partial charge in [-0.1, -0.05) is 25.4 Å². The van der Waals surface area contributed by atoms with Gasteiger partial charge >= 0.3 is 0 Å². The molecule has 0 bridgehead atoms. The summed E-state index contributed by atoms with van der Waals surface area (Å²) in [6.07, 6.45) is 3.31. The van der Waals surface area contributed by atoms with Gasteiger partial charge in [0.05, 0.1) is 22.1 Å². The van der Waals surface area contributed by atoms with E-state index in [2.05, 4.69) is 17.1 Å². The van der Waals surface area contributed by atoms with E-state index in [4.69, 9.17) is 11.6 Å². The second kappa shape index (κ2) is 6.41. The Kier molecular flexibility index (Phi) is 4.83. The van der Waals surface area contributed by atoms with Gasteiger partial charge in [0.1, 0.15) is 6.10 Å². The molecule has 0 radical (unpaired) electrons. The summed E-state index contributed by atoms with van der Waals surface area (Å²) in [4.78, 5) is 0. The molecule has 0 aliphatic rings. The highest BCUT2D eigenvalue weighted by molar-refractivity contribution is 6.31. The maximum atomic E-state index is 10.4. The third kappa shape index (κ3) is 2.88. The molecule has 110 valence electrons. The minimum absolute atomic E-state index is 0.442. The Morgan fingerprint density at radius 2 is 2.15 bits per heavy atom. The van der Waals surface area contributed by atoms with Crippen LogP contribution in [0.5, 0.6) is 0 Å². The maximum absolute atomic E-state index is 10.4. The van der Waals surface area contributed by atoms with Crippen molar-refractivity contribution in [2.45, 2.75) is 45.8 Å². The predicted octanol–water partition coefficient (Wildman–Crippen LogP) is 2.52. The summed E-state index contributed by atoms with van der Waals surface area (Å²) in [6.45, 7) is 4.91. The van der Waals surface area contributed by atoms with Crippen molar-refractivity contribution in [2.24, 2.45) is 7.05 Å². The molecule has 1 atom stereocenters. The first-order valence-corrected chi connectivity index (χ1v) is 7.36. The minimum atomic E-state index is -0.623. The Morgan fingerprint density at radius 1 is 1.40 bits per heavy atom. The Bertz CT molecular complexity index is 576. The van der Waals surface area contributed by atoms with Crippen molar-refractivity contribution in [3.05, 3.63) is 34.4 Å². The van der Waals surface area contributed by atoms with Crippen LogP contribution in [0.2, 0.25) is 5.02 Å². The molecule has 0 aliphatic heterocycles. The largest absolute Gasteiger partial charge is 0.386 e. The number of aliphatic hydroxyl groups is 1. The Labute approximate surface area is 124 Å². The van der Waals surface area contributed by atoms with E-state index in [1.165, 1.54) is 0 Å². The molecule has 0 aromatic carbocycles. The Morgan fingerprint density at radius 3 is 2.75 bits per heavy atom. The van der Waals surface area contributed by atoms with E-state index in [1.807, 2.05) is 24.7 Å². The van der Waals surface area contributed by atoms with E-state index in [9.17, 15) is 5.11 Å². The number of aliphatic hydroxyl groups excluding tert-OH is 1. The van der Waals surface area contributed by atoms with E-state index < -0.39 is 6.10 Å². The van der Waals surface area contributed by atoms with Crippen LogP contribution in [0.1, 0.15) is 43.5 Å². The van der Waals surface area contributed by atoms with Crippen LogP contribution < -0.4 is 0 Å². The molecule has 0 fully saturated rings. The molecule has 2 aromatic heterocycles. The first-order chi connectivity index (χ1) is 9.58. The van der Waals surface area contributed by atoms with Crippen LogP contribution in [0.15, 0.2) is 12.3 Å².